The molecular weight excluding hydrogens is 514 g/mol. The van der Waals surface area contributed by atoms with E-state index in [0.29, 0.717) is 16.7 Å². The summed E-state index contributed by atoms with van der Waals surface area (Å²) in [6.45, 7) is 1.83. The van der Waals surface area contributed by atoms with E-state index in [9.17, 15) is 4.79 Å². The van der Waals surface area contributed by atoms with Crippen molar-refractivity contribution < 1.29 is 0 Å². The van der Waals surface area contributed by atoms with Gasteiger partial charge in [0.1, 0.15) is 11.5 Å². The molecule has 1 aliphatic carbocycles. The minimum Gasteiger partial charge on any atom is -0.267 e. The second-order valence-corrected chi connectivity index (χ2v) is 10.2. The smallest absolute Gasteiger partial charge is 0.267 e. The second kappa shape index (κ2) is 10.8. The molecule has 0 saturated carbocycles. The summed E-state index contributed by atoms with van der Waals surface area (Å²) in [6.07, 6.45) is 0. The van der Waals surface area contributed by atoms with Crippen molar-refractivity contribution in [2.45, 2.75) is 6.92 Å². The molecule has 0 fully saturated rings. The van der Waals surface area contributed by atoms with Gasteiger partial charge < -0.3 is 0 Å². The highest BCUT2D eigenvalue weighted by Crippen LogP contribution is 2.50. The molecule has 0 atom stereocenters. The van der Waals surface area contributed by atoms with Crippen molar-refractivity contribution in [1.29, 1.82) is 0 Å². The average Bonchev–Trinajstić information content (AvgIpc) is 3.39. The van der Waals surface area contributed by atoms with Crippen molar-refractivity contribution in [2.75, 3.05) is 0 Å². The van der Waals surface area contributed by atoms with Gasteiger partial charge in [0.15, 0.2) is 0 Å². The van der Waals surface area contributed by atoms with E-state index in [1.54, 1.807) is 0 Å². The summed E-state index contributed by atoms with van der Waals surface area (Å²) in [4.78, 5) is 18.7. The van der Waals surface area contributed by atoms with E-state index in [0.717, 1.165) is 50.3 Å². The van der Waals surface area contributed by atoms with Crippen LogP contribution in [0, 0.1) is 6.92 Å². The van der Waals surface area contributed by atoms with Crippen molar-refractivity contribution in [3.63, 3.8) is 0 Å². The monoisotopic (exact) mass is 541 g/mol. The fourth-order valence-electron chi connectivity index (χ4n) is 5.72. The van der Waals surface area contributed by atoms with Crippen LogP contribution in [-0.2, 0) is 0 Å². The van der Waals surface area contributed by atoms with E-state index in [1.165, 1.54) is 4.68 Å². The first-order chi connectivity index (χ1) is 20.7. The number of para-hydroxylation sites is 1. The lowest BCUT2D eigenvalue weighted by Crippen LogP contribution is -2.22. The number of rotatable bonds is 5. The first-order valence-electron chi connectivity index (χ1n) is 14.0. The maximum Gasteiger partial charge on any atom is 0.282 e. The van der Waals surface area contributed by atoms with E-state index >= 15 is 0 Å². The zero-order chi connectivity index (χ0) is 28.5. The lowest BCUT2D eigenvalue weighted by molar-refractivity contribution is 0.769. The van der Waals surface area contributed by atoms with Crippen molar-refractivity contribution in [1.82, 2.24) is 9.66 Å². The number of nitrogens with zero attached hydrogens (tertiary/aromatic N) is 3. The van der Waals surface area contributed by atoms with E-state index in [-0.39, 0.29) is 5.56 Å². The predicted molar refractivity (Wildman–Crippen MR) is 173 cm³/mol. The molecule has 4 nitrogen and oxygen atoms in total. The largest absolute Gasteiger partial charge is 0.282 e. The molecule has 1 heterocycles. The maximum absolute atomic E-state index is 13.9. The van der Waals surface area contributed by atoms with Crippen LogP contribution >= 0.6 is 0 Å². The van der Waals surface area contributed by atoms with Crippen LogP contribution in [0.4, 0.5) is 0 Å². The quantitative estimate of drug-likeness (QED) is 0.221. The Kier molecular flexibility index (Phi) is 6.49. The van der Waals surface area contributed by atoms with Crippen molar-refractivity contribution in [3.05, 3.63) is 184 Å². The first-order valence-corrected chi connectivity index (χ1v) is 14.0. The molecule has 5 aromatic carbocycles. The molecule has 0 amide bonds. The van der Waals surface area contributed by atoms with Crippen LogP contribution in [0.5, 0.6) is 0 Å². The molecule has 0 radical (unpaired) electrons. The summed E-state index contributed by atoms with van der Waals surface area (Å²) in [6, 6.07) is 48.9. The van der Waals surface area contributed by atoms with Gasteiger partial charge >= 0.3 is 0 Å². The number of allylic oxidation sites excluding steroid dienone is 4. The molecular formula is C38H27N3O. The Morgan fingerprint density at radius 3 is 1.33 bits per heavy atom. The van der Waals surface area contributed by atoms with Crippen LogP contribution in [0.3, 0.4) is 0 Å². The highest BCUT2D eigenvalue weighted by molar-refractivity contribution is 6.60. The van der Waals surface area contributed by atoms with Gasteiger partial charge in [0, 0.05) is 22.3 Å². The van der Waals surface area contributed by atoms with E-state index in [1.807, 2.05) is 79.7 Å². The van der Waals surface area contributed by atoms with E-state index < -0.39 is 0 Å². The Morgan fingerprint density at radius 1 is 0.500 bits per heavy atom. The topological polar surface area (TPSA) is 47.2 Å². The summed E-state index contributed by atoms with van der Waals surface area (Å²) in [5.74, 6) is 0.528. The Labute approximate surface area is 244 Å². The fourth-order valence-corrected chi connectivity index (χ4v) is 5.72. The lowest BCUT2D eigenvalue weighted by atomic mass is 9.89. The molecule has 7 rings (SSSR count). The third-order valence-corrected chi connectivity index (χ3v) is 7.59. The average molecular weight is 542 g/mol. The van der Waals surface area contributed by atoms with Crippen LogP contribution in [0.15, 0.2) is 155 Å². The highest BCUT2D eigenvalue weighted by atomic mass is 16.1. The molecule has 0 N–H and O–H groups in total. The molecule has 1 aliphatic rings. The summed E-state index contributed by atoms with van der Waals surface area (Å²) in [5, 5.41) is 5.75. The Morgan fingerprint density at radius 2 is 0.881 bits per heavy atom. The van der Waals surface area contributed by atoms with E-state index in [2.05, 4.69) is 72.8 Å². The first kappa shape index (κ1) is 25.4. The van der Waals surface area contributed by atoms with Crippen LogP contribution in [0.25, 0.3) is 33.2 Å². The SMILES string of the molecule is Cc1nc2ccccc2c(=O)n1N=C1C(c2ccccc2)=C(c2ccccc2)C(c2ccccc2)=C1c1ccccc1. The van der Waals surface area contributed by atoms with Crippen molar-refractivity contribution in [3.8, 4) is 0 Å². The maximum atomic E-state index is 13.9. The van der Waals surface area contributed by atoms with Gasteiger partial charge in [-0.05, 0) is 41.3 Å². The van der Waals surface area contributed by atoms with E-state index in [4.69, 9.17) is 10.1 Å². The number of aromatic nitrogens is 2. The molecule has 42 heavy (non-hydrogen) atoms. The predicted octanol–water partition coefficient (Wildman–Crippen LogP) is 8.14. The van der Waals surface area contributed by atoms with Gasteiger partial charge in [-0.25, -0.2) is 4.98 Å². The zero-order valence-electron chi connectivity index (χ0n) is 23.1. The third-order valence-electron chi connectivity index (χ3n) is 7.59. The molecule has 0 saturated heterocycles. The number of fused-ring (bicyclic) bond motifs is 1. The van der Waals surface area contributed by atoms with Gasteiger partial charge in [-0.15, -0.1) is 0 Å². The van der Waals surface area contributed by atoms with Crippen LogP contribution in [0.1, 0.15) is 28.1 Å². The van der Waals surface area contributed by atoms with Gasteiger partial charge in [-0.3, -0.25) is 4.79 Å². The fraction of sp³-hybridized carbons (Fsp3) is 0.0263. The highest BCUT2D eigenvalue weighted by Gasteiger charge is 2.34. The molecule has 200 valence electrons. The minimum atomic E-state index is -0.195. The van der Waals surface area contributed by atoms with Gasteiger partial charge in [0.05, 0.1) is 10.9 Å². The van der Waals surface area contributed by atoms with Crippen LogP contribution < -0.4 is 5.56 Å². The normalized spacial score (nSPS) is 13.2. The number of hydrogen-bond donors (Lipinski definition) is 0. The van der Waals surface area contributed by atoms with Crippen LogP contribution in [0.2, 0.25) is 0 Å². The van der Waals surface area contributed by atoms with Crippen molar-refractivity contribution in [2.24, 2.45) is 5.10 Å². The molecule has 0 bridgehead atoms. The standard InChI is InChI=1S/C38H27N3O/c1-26-39-32-25-15-14-24-31(32)38(42)41(26)40-37-35(29-20-10-4-11-21-29)33(27-16-6-2-7-17-27)34(28-18-8-3-9-19-28)36(37)30-22-12-5-13-23-30/h2-25H,1H3. The summed E-state index contributed by atoms with van der Waals surface area (Å²) in [7, 11) is 0. The number of benzene rings is 5. The van der Waals surface area contributed by atoms with Crippen molar-refractivity contribution >= 4 is 38.9 Å². The number of aryl methyl sites for hydroxylation is 1. The van der Waals surface area contributed by atoms with Crippen LogP contribution in [-0.4, -0.2) is 15.4 Å². The molecule has 1 aromatic heterocycles. The van der Waals surface area contributed by atoms with Gasteiger partial charge in [-0.2, -0.15) is 9.78 Å². The minimum absolute atomic E-state index is 0.195. The van der Waals surface area contributed by atoms with Gasteiger partial charge in [0.2, 0.25) is 0 Å². The zero-order valence-corrected chi connectivity index (χ0v) is 23.1. The summed E-state index contributed by atoms with van der Waals surface area (Å²) >= 11 is 0. The molecule has 4 heteroatoms. The third kappa shape index (κ3) is 4.40. The summed E-state index contributed by atoms with van der Waals surface area (Å²) < 4.78 is 1.46. The Bertz CT molecular complexity index is 1970. The molecule has 6 aromatic rings. The molecule has 0 spiro atoms. The summed E-state index contributed by atoms with van der Waals surface area (Å²) in [5.41, 5.74) is 9.49. The molecule has 0 aliphatic heterocycles. The Hall–Kier alpha value is -5.61. The molecule has 0 unspecified atom stereocenters. The Balaban J connectivity index is 1.66. The lowest BCUT2D eigenvalue weighted by Gasteiger charge is -2.14. The second-order valence-electron chi connectivity index (χ2n) is 10.2. The van der Waals surface area contributed by atoms with Gasteiger partial charge in [-0.1, -0.05) is 133 Å². The van der Waals surface area contributed by atoms with Gasteiger partial charge in [0.25, 0.3) is 5.56 Å². The number of hydrogen-bond acceptors (Lipinski definition) is 3.